The minimum atomic E-state index is -0.535. The average Bonchev–Trinajstić information content (AvgIpc) is 2.19. The second-order valence-electron chi connectivity index (χ2n) is 2.94. The number of nitro benzene ring substituents is 1. The topological polar surface area (TPSA) is 146 Å². The number of hydrogen-bond acceptors (Lipinski definition) is 4. The van der Waals surface area contributed by atoms with Crippen LogP contribution in [0.4, 0.5) is 11.4 Å². The Labute approximate surface area is 102 Å². The molecule has 0 saturated carbocycles. The van der Waals surface area contributed by atoms with E-state index >= 15 is 0 Å². The third-order valence-electron chi connectivity index (χ3n) is 1.65. The lowest BCUT2D eigenvalue weighted by molar-refractivity contribution is -0.385. The lowest BCUT2D eigenvalue weighted by Crippen LogP contribution is -2.26. The maximum Gasteiger partial charge on any atom is 0.270 e. The van der Waals surface area contributed by atoms with Gasteiger partial charge >= 0.3 is 0 Å². The molecule has 0 bridgehead atoms. The predicted molar refractivity (Wildman–Crippen MR) is 67.4 cm³/mol. The summed E-state index contributed by atoms with van der Waals surface area (Å²) in [4.78, 5) is 17.6. The minimum Gasteiger partial charge on any atom is -0.370 e. The number of rotatable bonds is 2. The number of hydrogen-bond donors (Lipinski definition) is 4. The van der Waals surface area contributed by atoms with Crippen molar-refractivity contribution in [1.29, 1.82) is 0 Å². The van der Waals surface area contributed by atoms with E-state index in [1.54, 1.807) is 0 Å². The van der Waals surface area contributed by atoms with Gasteiger partial charge in [-0.1, -0.05) is 0 Å². The molecule has 0 fully saturated rings. The monoisotopic (exact) mass is 254 g/mol. The van der Waals surface area contributed by atoms with Gasteiger partial charge < -0.3 is 17.2 Å². The molecule has 0 heterocycles. The number of non-ortho nitro benzene ring substituents is 1. The van der Waals surface area contributed by atoms with E-state index < -0.39 is 4.92 Å². The lowest BCUT2D eigenvalue weighted by atomic mass is 10.3. The van der Waals surface area contributed by atoms with Crippen molar-refractivity contribution in [3.63, 3.8) is 0 Å². The molecule has 0 aliphatic heterocycles. The van der Waals surface area contributed by atoms with Gasteiger partial charge in [-0.25, -0.2) is 4.99 Å². The largest absolute Gasteiger partial charge is 0.370 e. The maximum atomic E-state index is 10.5. The number of aliphatic imine (C=N–C) groups is 2. The molecule has 0 aliphatic rings. The highest BCUT2D eigenvalue weighted by Crippen LogP contribution is 2.27. The van der Waals surface area contributed by atoms with Gasteiger partial charge in [0.1, 0.15) is 0 Å². The quantitative estimate of drug-likeness (QED) is 0.194. The third-order valence-corrected chi connectivity index (χ3v) is 2.01. The fourth-order valence-electron chi connectivity index (χ4n) is 1.00. The molecule has 17 heavy (non-hydrogen) atoms. The number of benzene rings is 1. The number of nitrogens with zero attached hydrogens (tertiary/aromatic N) is 3. The second-order valence-corrected chi connectivity index (χ2v) is 3.42. The van der Waals surface area contributed by atoms with Crippen LogP contribution in [0, 0.1) is 10.1 Å². The molecule has 0 unspecified atom stereocenters. The molecule has 0 spiro atoms. The molecule has 1 aromatic rings. The predicted octanol–water partition coefficient (Wildman–Crippen LogP) is 0.103. The van der Waals surface area contributed by atoms with Gasteiger partial charge in [0, 0.05) is 17.0 Å². The van der Waals surface area contributed by atoms with Gasteiger partial charge in [0.05, 0.1) is 10.6 Å². The third kappa shape index (κ3) is 3.65. The summed E-state index contributed by atoms with van der Waals surface area (Å²) in [5.41, 5.74) is 15.9. The first-order chi connectivity index (χ1) is 7.90. The Morgan fingerprint density at radius 1 is 1.35 bits per heavy atom. The number of thiol groups is 1. The highest BCUT2D eigenvalue weighted by Gasteiger charge is 2.08. The van der Waals surface area contributed by atoms with Crippen molar-refractivity contribution >= 4 is 35.9 Å². The van der Waals surface area contributed by atoms with E-state index in [4.69, 9.17) is 17.2 Å². The highest BCUT2D eigenvalue weighted by molar-refractivity contribution is 7.80. The van der Waals surface area contributed by atoms with Crippen LogP contribution in [0.5, 0.6) is 0 Å². The first-order valence-electron chi connectivity index (χ1n) is 4.31. The van der Waals surface area contributed by atoms with Gasteiger partial charge in [-0.3, -0.25) is 10.1 Å². The summed E-state index contributed by atoms with van der Waals surface area (Å²) in [5.74, 6) is -0.386. The van der Waals surface area contributed by atoms with Crippen molar-refractivity contribution in [2.24, 2.45) is 27.2 Å². The van der Waals surface area contributed by atoms with E-state index in [2.05, 4.69) is 22.6 Å². The summed E-state index contributed by atoms with van der Waals surface area (Å²) in [5, 5.41) is 10.5. The van der Waals surface area contributed by atoms with E-state index in [1.165, 1.54) is 18.2 Å². The summed E-state index contributed by atoms with van der Waals surface area (Å²) in [6, 6.07) is 3.93. The molecule has 90 valence electrons. The molecular weight excluding hydrogens is 244 g/mol. The summed E-state index contributed by atoms with van der Waals surface area (Å²) < 4.78 is 0. The maximum absolute atomic E-state index is 10.5. The number of nitrogens with two attached hydrogens (primary N) is 3. The van der Waals surface area contributed by atoms with E-state index in [0.29, 0.717) is 10.6 Å². The molecule has 9 heteroatoms. The van der Waals surface area contributed by atoms with E-state index in [1.807, 2.05) is 0 Å². The Kier molecular flexibility index (Phi) is 3.88. The van der Waals surface area contributed by atoms with Crippen LogP contribution < -0.4 is 17.2 Å². The van der Waals surface area contributed by atoms with Crippen molar-refractivity contribution in [3.8, 4) is 0 Å². The van der Waals surface area contributed by atoms with Crippen molar-refractivity contribution in [2.75, 3.05) is 0 Å². The van der Waals surface area contributed by atoms with Gasteiger partial charge in [0.15, 0.2) is 5.96 Å². The standard InChI is InChI=1S/C8H10N6O2S/c9-7(10)13-8(11)12-5-2-1-4(14(15)16)3-6(5)17/h1-3,17H,(H6,9,10,11,12,13). The van der Waals surface area contributed by atoms with Crippen LogP contribution in [0.3, 0.4) is 0 Å². The fraction of sp³-hybridized carbons (Fsp3) is 0. The molecule has 8 nitrogen and oxygen atoms in total. The zero-order valence-electron chi connectivity index (χ0n) is 8.57. The van der Waals surface area contributed by atoms with Crippen LogP contribution in [0.2, 0.25) is 0 Å². The molecule has 0 saturated heterocycles. The minimum absolute atomic E-state index is 0.0886. The Balaban J connectivity index is 3.09. The fourth-order valence-corrected chi connectivity index (χ4v) is 1.26. The van der Waals surface area contributed by atoms with Gasteiger partial charge in [-0.15, -0.1) is 12.6 Å². The molecule has 0 atom stereocenters. The molecule has 6 N–H and O–H groups in total. The van der Waals surface area contributed by atoms with Crippen LogP contribution >= 0.6 is 12.6 Å². The van der Waals surface area contributed by atoms with Gasteiger partial charge in [-0.05, 0) is 6.07 Å². The molecule has 1 rings (SSSR count). The first-order valence-corrected chi connectivity index (χ1v) is 4.76. The number of guanidine groups is 2. The van der Waals surface area contributed by atoms with Gasteiger partial charge in [0.25, 0.3) is 5.69 Å². The zero-order chi connectivity index (χ0) is 13.0. The Morgan fingerprint density at radius 2 is 2.00 bits per heavy atom. The summed E-state index contributed by atoms with van der Waals surface area (Å²) in [6.45, 7) is 0. The average molecular weight is 254 g/mol. The molecule has 0 aliphatic carbocycles. The van der Waals surface area contributed by atoms with Crippen LogP contribution in [0.15, 0.2) is 33.1 Å². The summed E-state index contributed by atoms with van der Waals surface area (Å²) >= 11 is 4.05. The first kappa shape index (κ1) is 12.8. The van der Waals surface area contributed by atoms with Crippen molar-refractivity contribution < 1.29 is 4.92 Å². The van der Waals surface area contributed by atoms with Crippen molar-refractivity contribution in [2.45, 2.75) is 4.90 Å². The van der Waals surface area contributed by atoms with Crippen LogP contribution in [0.1, 0.15) is 0 Å². The van der Waals surface area contributed by atoms with Crippen LogP contribution in [-0.4, -0.2) is 16.8 Å². The van der Waals surface area contributed by atoms with Crippen molar-refractivity contribution in [3.05, 3.63) is 28.3 Å². The number of nitro groups is 1. The van der Waals surface area contributed by atoms with E-state index in [-0.39, 0.29) is 17.6 Å². The van der Waals surface area contributed by atoms with Gasteiger partial charge in [0.2, 0.25) is 5.96 Å². The zero-order valence-corrected chi connectivity index (χ0v) is 9.46. The van der Waals surface area contributed by atoms with Crippen LogP contribution in [0.25, 0.3) is 0 Å². The van der Waals surface area contributed by atoms with Gasteiger partial charge in [-0.2, -0.15) is 4.99 Å². The summed E-state index contributed by atoms with van der Waals surface area (Å²) in [6.07, 6.45) is 0. The molecule has 0 aromatic heterocycles. The molecule has 0 amide bonds. The molecule has 0 radical (unpaired) electrons. The molecular formula is C8H10N6O2S. The van der Waals surface area contributed by atoms with Crippen molar-refractivity contribution in [1.82, 2.24) is 0 Å². The molecule has 1 aromatic carbocycles. The lowest BCUT2D eigenvalue weighted by Gasteiger charge is -2.00. The Hall–Kier alpha value is -2.29. The second kappa shape index (κ2) is 5.16. The Morgan fingerprint density at radius 3 is 2.47 bits per heavy atom. The smallest absolute Gasteiger partial charge is 0.270 e. The van der Waals surface area contributed by atoms with Crippen LogP contribution in [-0.2, 0) is 0 Å². The van der Waals surface area contributed by atoms with E-state index in [9.17, 15) is 10.1 Å². The highest BCUT2D eigenvalue weighted by atomic mass is 32.1. The SMILES string of the molecule is NC(N)=NC(N)=Nc1ccc([N+](=O)[O-])cc1S. The summed E-state index contributed by atoms with van der Waals surface area (Å²) in [7, 11) is 0. The Bertz CT molecular complexity index is 509. The normalized spacial score (nSPS) is 11.0. The van der Waals surface area contributed by atoms with E-state index in [0.717, 1.165) is 0 Å².